The number of aromatic nitrogens is 1. The van der Waals surface area contributed by atoms with E-state index in [4.69, 9.17) is 10.8 Å². The lowest BCUT2D eigenvalue weighted by Gasteiger charge is -2.11. The van der Waals surface area contributed by atoms with Gasteiger partial charge in [0.1, 0.15) is 0 Å². The fourth-order valence-electron chi connectivity index (χ4n) is 1.37. The number of nitrogens with two attached hydrogens (primary N) is 1. The Labute approximate surface area is 99.4 Å². The molecule has 0 radical (unpaired) electrons. The first-order valence-corrected chi connectivity index (χ1v) is 5.45. The van der Waals surface area contributed by atoms with E-state index in [1.807, 2.05) is 29.1 Å². The van der Waals surface area contributed by atoms with Crippen LogP contribution in [0.5, 0.6) is 0 Å². The smallest absolute Gasteiger partial charge is 0.303 e. The molecule has 1 amide bonds. The minimum atomic E-state index is -0.944. The molecule has 94 valence electrons. The number of amides is 1. The Morgan fingerprint density at radius 1 is 1.35 bits per heavy atom. The Morgan fingerprint density at radius 3 is 2.59 bits per heavy atom. The van der Waals surface area contributed by atoms with Crippen molar-refractivity contribution in [3.05, 3.63) is 24.5 Å². The average molecular weight is 239 g/mol. The monoisotopic (exact) mass is 239 g/mol. The number of hydrogen-bond acceptors (Lipinski definition) is 3. The molecule has 6 nitrogen and oxygen atoms in total. The van der Waals surface area contributed by atoms with Crippen LogP contribution >= 0.6 is 0 Å². The lowest BCUT2D eigenvalue weighted by molar-refractivity contribution is -0.137. The van der Waals surface area contributed by atoms with Gasteiger partial charge in [0.25, 0.3) is 0 Å². The van der Waals surface area contributed by atoms with Gasteiger partial charge in [-0.1, -0.05) is 0 Å². The molecule has 0 saturated heterocycles. The minimum Gasteiger partial charge on any atom is -0.481 e. The zero-order valence-electron chi connectivity index (χ0n) is 9.50. The first-order valence-electron chi connectivity index (χ1n) is 5.45. The molecule has 0 bridgehead atoms. The van der Waals surface area contributed by atoms with E-state index in [9.17, 15) is 9.59 Å². The van der Waals surface area contributed by atoms with E-state index in [1.54, 1.807) is 0 Å². The van der Waals surface area contributed by atoms with Crippen LogP contribution < -0.4 is 11.1 Å². The number of carboxylic acid groups (broad SMARTS) is 1. The quantitative estimate of drug-likeness (QED) is 0.613. The van der Waals surface area contributed by atoms with Gasteiger partial charge in [0.2, 0.25) is 5.91 Å². The highest BCUT2D eigenvalue weighted by Crippen LogP contribution is 1.95. The van der Waals surface area contributed by atoms with Crippen molar-refractivity contribution >= 4 is 11.9 Å². The van der Waals surface area contributed by atoms with Crippen LogP contribution in [0.3, 0.4) is 0 Å². The number of nitrogens with zero attached hydrogens (tertiary/aromatic N) is 1. The molecule has 1 heterocycles. The van der Waals surface area contributed by atoms with Crippen LogP contribution in [0.15, 0.2) is 24.5 Å². The molecule has 1 atom stereocenters. The molecule has 1 unspecified atom stereocenters. The lowest BCUT2D eigenvalue weighted by atomic mass is 10.1. The zero-order valence-corrected chi connectivity index (χ0v) is 9.50. The van der Waals surface area contributed by atoms with Crippen LogP contribution in [0, 0.1) is 0 Å². The molecule has 17 heavy (non-hydrogen) atoms. The Kier molecular flexibility index (Phi) is 5.22. The summed E-state index contributed by atoms with van der Waals surface area (Å²) < 4.78 is 1.93. The largest absolute Gasteiger partial charge is 0.481 e. The summed E-state index contributed by atoms with van der Waals surface area (Å²) in [4.78, 5) is 21.8. The van der Waals surface area contributed by atoms with E-state index in [-0.39, 0.29) is 18.7 Å². The predicted molar refractivity (Wildman–Crippen MR) is 62.3 cm³/mol. The molecule has 0 aliphatic rings. The second-order valence-electron chi connectivity index (χ2n) is 3.75. The molecular formula is C11H17N3O3. The van der Waals surface area contributed by atoms with Crippen molar-refractivity contribution in [2.45, 2.75) is 25.4 Å². The third-order valence-corrected chi connectivity index (χ3v) is 2.34. The number of carbonyl (C=O) groups is 2. The first-order chi connectivity index (χ1) is 8.09. The van der Waals surface area contributed by atoms with E-state index < -0.39 is 12.0 Å². The third kappa shape index (κ3) is 5.17. The summed E-state index contributed by atoms with van der Waals surface area (Å²) in [6.07, 6.45) is 3.86. The fraction of sp³-hybridized carbons (Fsp3) is 0.455. The van der Waals surface area contributed by atoms with Gasteiger partial charge in [-0.05, 0) is 18.6 Å². The van der Waals surface area contributed by atoms with Crippen LogP contribution in [0.2, 0.25) is 0 Å². The number of nitrogens with one attached hydrogen (secondary N) is 1. The van der Waals surface area contributed by atoms with E-state index in [2.05, 4.69) is 5.32 Å². The molecule has 6 heteroatoms. The Bertz CT molecular complexity index is 362. The Hall–Kier alpha value is -1.82. The van der Waals surface area contributed by atoms with Crippen LogP contribution in [-0.2, 0) is 16.1 Å². The fourth-order valence-corrected chi connectivity index (χ4v) is 1.37. The second-order valence-corrected chi connectivity index (χ2v) is 3.75. The van der Waals surface area contributed by atoms with Gasteiger partial charge in [-0.25, -0.2) is 0 Å². The summed E-state index contributed by atoms with van der Waals surface area (Å²) in [5.41, 5.74) is 5.54. The van der Waals surface area contributed by atoms with Crippen LogP contribution in [0.25, 0.3) is 0 Å². The molecule has 1 aromatic rings. The summed E-state index contributed by atoms with van der Waals surface area (Å²) in [5, 5.41) is 11.1. The molecule has 0 aromatic carbocycles. The number of hydrogen-bond donors (Lipinski definition) is 3. The SMILES string of the molecule is NC(CCC(=O)O)C(=O)NCCn1cccc1. The molecule has 0 aliphatic heterocycles. The molecule has 0 aliphatic carbocycles. The summed E-state index contributed by atoms with van der Waals surface area (Å²) in [6, 6.07) is 3.05. The zero-order chi connectivity index (χ0) is 12.7. The highest BCUT2D eigenvalue weighted by atomic mass is 16.4. The molecule has 0 fully saturated rings. The second kappa shape index (κ2) is 6.70. The van der Waals surface area contributed by atoms with Crippen molar-refractivity contribution < 1.29 is 14.7 Å². The van der Waals surface area contributed by atoms with E-state index in [0.29, 0.717) is 13.1 Å². The van der Waals surface area contributed by atoms with Crippen molar-refractivity contribution in [2.75, 3.05) is 6.54 Å². The van der Waals surface area contributed by atoms with Crippen molar-refractivity contribution in [1.82, 2.24) is 9.88 Å². The van der Waals surface area contributed by atoms with Crippen LogP contribution in [0.4, 0.5) is 0 Å². The van der Waals surface area contributed by atoms with Gasteiger partial charge in [-0.3, -0.25) is 9.59 Å². The van der Waals surface area contributed by atoms with Crippen LogP contribution in [0.1, 0.15) is 12.8 Å². The maximum Gasteiger partial charge on any atom is 0.303 e. The first kappa shape index (κ1) is 13.2. The third-order valence-electron chi connectivity index (χ3n) is 2.34. The summed E-state index contributed by atoms with van der Waals surface area (Å²) in [5.74, 6) is -1.25. The number of carboxylic acids is 1. The average Bonchev–Trinajstić information content (AvgIpc) is 2.78. The van der Waals surface area contributed by atoms with Gasteiger partial charge in [0, 0.05) is 31.9 Å². The highest BCUT2D eigenvalue weighted by Gasteiger charge is 2.13. The summed E-state index contributed by atoms with van der Waals surface area (Å²) >= 11 is 0. The molecule has 1 rings (SSSR count). The Balaban J connectivity index is 2.17. The van der Waals surface area contributed by atoms with Gasteiger partial charge < -0.3 is 20.7 Å². The normalized spacial score (nSPS) is 12.1. The molecule has 1 aromatic heterocycles. The minimum absolute atomic E-state index is 0.0911. The molecule has 4 N–H and O–H groups in total. The summed E-state index contributed by atoms with van der Waals surface area (Å²) in [7, 11) is 0. The van der Waals surface area contributed by atoms with Gasteiger partial charge in [0.15, 0.2) is 0 Å². The highest BCUT2D eigenvalue weighted by molar-refractivity contribution is 5.82. The standard InChI is InChI=1S/C11H17N3O3/c12-9(3-4-10(15)16)11(17)13-5-8-14-6-1-2-7-14/h1-2,6-7,9H,3-5,8,12H2,(H,13,17)(H,15,16). The van der Waals surface area contributed by atoms with E-state index in [1.165, 1.54) is 0 Å². The van der Waals surface area contributed by atoms with Crippen molar-refractivity contribution in [1.29, 1.82) is 0 Å². The van der Waals surface area contributed by atoms with Crippen LogP contribution in [-0.4, -0.2) is 34.1 Å². The van der Waals surface area contributed by atoms with Crippen molar-refractivity contribution in [2.24, 2.45) is 5.73 Å². The van der Waals surface area contributed by atoms with Gasteiger partial charge in [-0.15, -0.1) is 0 Å². The van der Waals surface area contributed by atoms with Gasteiger partial charge in [0.05, 0.1) is 6.04 Å². The van der Waals surface area contributed by atoms with Crippen molar-refractivity contribution in [3.63, 3.8) is 0 Å². The number of aliphatic carboxylic acids is 1. The molecule has 0 spiro atoms. The predicted octanol–water partition coefficient (Wildman–Crippen LogP) is -0.204. The number of carbonyl (C=O) groups excluding carboxylic acids is 1. The molecular weight excluding hydrogens is 222 g/mol. The maximum atomic E-state index is 11.4. The van der Waals surface area contributed by atoms with E-state index in [0.717, 1.165) is 0 Å². The lowest BCUT2D eigenvalue weighted by Crippen LogP contribution is -2.41. The number of rotatable bonds is 7. The maximum absolute atomic E-state index is 11.4. The summed E-state index contributed by atoms with van der Waals surface area (Å²) in [6.45, 7) is 1.15. The van der Waals surface area contributed by atoms with Crippen molar-refractivity contribution in [3.8, 4) is 0 Å². The van der Waals surface area contributed by atoms with Gasteiger partial charge >= 0.3 is 5.97 Å². The van der Waals surface area contributed by atoms with E-state index >= 15 is 0 Å². The van der Waals surface area contributed by atoms with Gasteiger partial charge in [-0.2, -0.15) is 0 Å². The molecule has 0 saturated carbocycles. The Morgan fingerprint density at radius 2 is 2.00 bits per heavy atom. The topological polar surface area (TPSA) is 97.4 Å².